The molecule has 7 heteroatoms. The molecule has 0 bridgehead atoms. The average molecular weight is 405 g/mol. The minimum Gasteiger partial charge on any atom is -0.380 e. The molecule has 3 rings (SSSR count). The van der Waals surface area contributed by atoms with E-state index in [9.17, 15) is 4.39 Å². The molecule has 1 aliphatic rings. The number of guanidine groups is 1. The van der Waals surface area contributed by atoms with E-state index in [2.05, 4.69) is 26.6 Å². The zero-order chi connectivity index (χ0) is 19.9. The van der Waals surface area contributed by atoms with Crippen LogP contribution in [-0.4, -0.2) is 39.2 Å². The summed E-state index contributed by atoms with van der Waals surface area (Å²) in [5.74, 6) is 0.482. The van der Waals surface area contributed by atoms with E-state index in [1.807, 2.05) is 24.3 Å². The summed E-state index contributed by atoms with van der Waals surface area (Å²) >= 11 is 6.10. The van der Waals surface area contributed by atoms with Crippen molar-refractivity contribution in [2.75, 3.05) is 32.1 Å². The molecular weight excluding hydrogens is 379 g/mol. The summed E-state index contributed by atoms with van der Waals surface area (Å²) in [6, 6.07) is 13.3. The number of hydrogen-bond donors (Lipinski definition) is 2. The molecular formula is C21H26ClFN4O. The van der Waals surface area contributed by atoms with E-state index in [-0.39, 0.29) is 12.4 Å². The molecule has 1 atom stereocenters. The van der Waals surface area contributed by atoms with Crippen molar-refractivity contribution in [3.8, 4) is 0 Å². The highest BCUT2D eigenvalue weighted by Gasteiger charge is 2.23. The third-order valence-corrected chi connectivity index (χ3v) is 5.03. The van der Waals surface area contributed by atoms with Gasteiger partial charge in [-0.15, -0.1) is 0 Å². The summed E-state index contributed by atoms with van der Waals surface area (Å²) in [6.45, 7) is 2.67. The molecule has 0 saturated carbocycles. The second-order valence-electron chi connectivity index (χ2n) is 6.84. The number of nitrogens with zero attached hydrogens (tertiary/aromatic N) is 2. The predicted molar refractivity (Wildman–Crippen MR) is 113 cm³/mol. The minimum absolute atomic E-state index is 0.250. The summed E-state index contributed by atoms with van der Waals surface area (Å²) in [5, 5.41) is 7.52. The SMILES string of the molecule is CN=C(NCc1ccc(F)c(COC)c1)NC1CCN(c2cccc(Cl)c2)C1. The first-order valence-electron chi connectivity index (χ1n) is 9.33. The van der Waals surface area contributed by atoms with Gasteiger partial charge >= 0.3 is 0 Å². The van der Waals surface area contributed by atoms with Crippen LogP contribution in [0, 0.1) is 5.82 Å². The maximum atomic E-state index is 13.7. The number of benzene rings is 2. The van der Waals surface area contributed by atoms with E-state index in [4.69, 9.17) is 16.3 Å². The Morgan fingerprint density at radius 3 is 2.93 bits per heavy atom. The number of anilines is 1. The lowest BCUT2D eigenvalue weighted by molar-refractivity contribution is 0.181. The lowest BCUT2D eigenvalue weighted by atomic mass is 10.1. The number of methoxy groups -OCH3 is 1. The van der Waals surface area contributed by atoms with Crippen LogP contribution in [0.15, 0.2) is 47.5 Å². The summed E-state index contributed by atoms with van der Waals surface area (Å²) in [5.41, 5.74) is 2.66. The zero-order valence-corrected chi connectivity index (χ0v) is 17.0. The van der Waals surface area contributed by atoms with E-state index >= 15 is 0 Å². The number of rotatable bonds is 6. The Kier molecular flexibility index (Phi) is 7.12. The number of aliphatic imine (C=N–C) groups is 1. The highest BCUT2D eigenvalue weighted by Crippen LogP contribution is 2.23. The maximum absolute atomic E-state index is 13.7. The van der Waals surface area contributed by atoms with E-state index < -0.39 is 0 Å². The minimum atomic E-state index is -0.250. The van der Waals surface area contributed by atoms with Crippen LogP contribution in [0.5, 0.6) is 0 Å². The smallest absolute Gasteiger partial charge is 0.191 e. The molecule has 2 aromatic rings. The van der Waals surface area contributed by atoms with Gasteiger partial charge in [-0.2, -0.15) is 0 Å². The Morgan fingerprint density at radius 1 is 1.32 bits per heavy atom. The van der Waals surface area contributed by atoms with E-state index in [0.29, 0.717) is 18.2 Å². The van der Waals surface area contributed by atoms with Gasteiger partial charge in [-0.1, -0.05) is 23.7 Å². The van der Waals surface area contributed by atoms with Crippen molar-refractivity contribution >= 4 is 23.2 Å². The van der Waals surface area contributed by atoms with Crippen LogP contribution in [0.2, 0.25) is 5.02 Å². The van der Waals surface area contributed by atoms with Crippen LogP contribution in [0.3, 0.4) is 0 Å². The van der Waals surface area contributed by atoms with Crippen LogP contribution >= 0.6 is 11.6 Å². The molecule has 0 aliphatic carbocycles. The van der Waals surface area contributed by atoms with Crippen molar-refractivity contribution in [3.63, 3.8) is 0 Å². The van der Waals surface area contributed by atoms with Crippen molar-refractivity contribution in [2.45, 2.75) is 25.6 Å². The van der Waals surface area contributed by atoms with Crippen LogP contribution in [-0.2, 0) is 17.9 Å². The lowest BCUT2D eigenvalue weighted by Gasteiger charge is -2.20. The van der Waals surface area contributed by atoms with Gasteiger partial charge in [0.1, 0.15) is 5.82 Å². The van der Waals surface area contributed by atoms with Crippen LogP contribution in [0.4, 0.5) is 10.1 Å². The molecule has 1 unspecified atom stereocenters. The third kappa shape index (κ3) is 5.36. The third-order valence-electron chi connectivity index (χ3n) is 4.80. The molecule has 0 amide bonds. The van der Waals surface area contributed by atoms with Gasteiger partial charge in [-0.3, -0.25) is 4.99 Å². The molecule has 28 heavy (non-hydrogen) atoms. The van der Waals surface area contributed by atoms with Crippen LogP contribution in [0.1, 0.15) is 17.5 Å². The van der Waals surface area contributed by atoms with Gasteiger partial charge in [0.25, 0.3) is 0 Å². The fourth-order valence-corrected chi connectivity index (χ4v) is 3.55. The van der Waals surface area contributed by atoms with Gasteiger partial charge in [0.15, 0.2) is 5.96 Å². The normalized spacial score (nSPS) is 17.1. The summed E-state index contributed by atoms with van der Waals surface area (Å²) in [4.78, 5) is 6.62. The summed E-state index contributed by atoms with van der Waals surface area (Å²) in [6.07, 6.45) is 1.02. The summed E-state index contributed by atoms with van der Waals surface area (Å²) < 4.78 is 18.8. The average Bonchev–Trinajstić information content (AvgIpc) is 3.16. The molecule has 0 radical (unpaired) electrons. The van der Waals surface area contributed by atoms with Crippen molar-refractivity contribution in [2.24, 2.45) is 4.99 Å². The molecule has 1 aliphatic heterocycles. The predicted octanol–water partition coefficient (Wildman–Crippen LogP) is 3.57. The lowest BCUT2D eigenvalue weighted by Crippen LogP contribution is -2.44. The van der Waals surface area contributed by atoms with Gasteiger partial charge in [0, 0.05) is 56.1 Å². The molecule has 0 aromatic heterocycles. The Balaban J connectivity index is 1.53. The van der Waals surface area contributed by atoms with Gasteiger partial charge in [0.2, 0.25) is 0 Å². The first kappa shape index (κ1) is 20.4. The Bertz CT molecular complexity index is 830. The fraction of sp³-hybridized carbons (Fsp3) is 0.381. The first-order chi connectivity index (χ1) is 13.6. The maximum Gasteiger partial charge on any atom is 0.191 e. The molecule has 2 aromatic carbocycles. The van der Waals surface area contributed by atoms with Crippen LogP contribution in [0.25, 0.3) is 0 Å². The van der Waals surface area contributed by atoms with E-state index in [1.54, 1.807) is 20.2 Å². The van der Waals surface area contributed by atoms with Gasteiger partial charge < -0.3 is 20.3 Å². The molecule has 2 N–H and O–H groups in total. The Labute approximate surface area is 170 Å². The monoisotopic (exact) mass is 404 g/mol. The highest BCUT2D eigenvalue weighted by molar-refractivity contribution is 6.30. The van der Waals surface area contributed by atoms with Gasteiger partial charge in [-0.05, 0) is 42.3 Å². The molecule has 0 spiro atoms. The van der Waals surface area contributed by atoms with Crippen molar-refractivity contribution < 1.29 is 9.13 Å². The van der Waals surface area contributed by atoms with Crippen molar-refractivity contribution in [1.29, 1.82) is 0 Å². The molecule has 1 saturated heterocycles. The van der Waals surface area contributed by atoms with E-state index in [1.165, 1.54) is 6.07 Å². The second-order valence-corrected chi connectivity index (χ2v) is 7.28. The Morgan fingerprint density at radius 2 is 2.18 bits per heavy atom. The van der Waals surface area contributed by atoms with Crippen molar-refractivity contribution in [1.82, 2.24) is 10.6 Å². The van der Waals surface area contributed by atoms with Gasteiger partial charge in [0.05, 0.1) is 6.61 Å². The molecule has 5 nitrogen and oxygen atoms in total. The fourth-order valence-electron chi connectivity index (χ4n) is 3.36. The number of hydrogen-bond acceptors (Lipinski definition) is 3. The quantitative estimate of drug-likeness (QED) is 0.571. The number of halogens is 2. The van der Waals surface area contributed by atoms with Crippen LogP contribution < -0.4 is 15.5 Å². The summed E-state index contributed by atoms with van der Waals surface area (Å²) in [7, 11) is 3.31. The number of ether oxygens (including phenoxy) is 1. The van der Waals surface area contributed by atoms with Crippen molar-refractivity contribution in [3.05, 3.63) is 64.4 Å². The molecule has 150 valence electrons. The van der Waals surface area contributed by atoms with Gasteiger partial charge in [-0.25, -0.2) is 4.39 Å². The zero-order valence-electron chi connectivity index (χ0n) is 16.2. The second kappa shape index (κ2) is 9.75. The molecule has 1 heterocycles. The topological polar surface area (TPSA) is 48.9 Å². The number of nitrogens with one attached hydrogen (secondary N) is 2. The van der Waals surface area contributed by atoms with E-state index in [0.717, 1.165) is 41.7 Å². The largest absolute Gasteiger partial charge is 0.380 e. The Hall–Kier alpha value is -2.31. The standard InChI is InChI=1S/C21H26ClFN4O/c1-24-21(25-12-15-6-7-20(23)16(10-15)14-28-2)26-18-8-9-27(13-18)19-5-3-4-17(22)11-19/h3-7,10-11,18H,8-9,12-14H2,1-2H3,(H2,24,25,26). The highest BCUT2D eigenvalue weighted by atomic mass is 35.5. The first-order valence-corrected chi connectivity index (χ1v) is 9.70. The molecule has 1 fully saturated rings.